The van der Waals surface area contributed by atoms with Crippen molar-refractivity contribution in [2.24, 2.45) is 0 Å². The Balaban J connectivity index is 0.902. The summed E-state index contributed by atoms with van der Waals surface area (Å²) in [6, 6.07) is 76.7. The lowest BCUT2D eigenvalue weighted by atomic mass is 9.60. The van der Waals surface area contributed by atoms with Crippen LogP contribution in [0.25, 0.3) is 90.3 Å². The molecule has 68 heavy (non-hydrogen) atoms. The number of rotatable bonds is 8. The predicted octanol–water partition coefficient (Wildman–Crippen LogP) is 14.4. The van der Waals surface area contributed by atoms with Crippen molar-refractivity contribution in [3.63, 3.8) is 0 Å². The van der Waals surface area contributed by atoms with Gasteiger partial charge in [0.15, 0.2) is 11.6 Å². The Hall–Kier alpha value is -9.00. The highest BCUT2D eigenvalue weighted by molar-refractivity contribution is 5.79. The zero-order chi connectivity index (χ0) is 45.0. The van der Waals surface area contributed by atoms with Gasteiger partial charge in [0.1, 0.15) is 0 Å². The zero-order valence-corrected chi connectivity index (χ0v) is 36.8. The summed E-state index contributed by atoms with van der Waals surface area (Å²) in [4.78, 5) is 29.9. The van der Waals surface area contributed by atoms with Crippen molar-refractivity contribution in [3.05, 3.63) is 264 Å². The van der Waals surface area contributed by atoms with Gasteiger partial charge in [-0.2, -0.15) is 0 Å². The van der Waals surface area contributed by atoms with Gasteiger partial charge in [0.05, 0.1) is 34.2 Å². The molecule has 11 aromatic rings. The number of hydrogen-bond donors (Lipinski definition) is 0. The molecule has 0 saturated carbocycles. The summed E-state index contributed by atoms with van der Waals surface area (Å²) in [5, 5.41) is 0. The summed E-state index contributed by atoms with van der Waals surface area (Å²) in [6.07, 6.45) is 3.65. The first-order valence-corrected chi connectivity index (χ1v) is 23.0. The summed E-state index contributed by atoms with van der Waals surface area (Å²) in [7, 11) is 0. The Kier molecular flexibility index (Phi) is 9.53. The van der Waals surface area contributed by atoms with Crippen molar-refractivity contribution in [2.75, 3.05) is 0 Å². The Bertz CT molecular complexity index is 3410. The number of benzene rings is 7. The molecule has 2 unspecified atom stereocenters. The molecule has 3 aliphatic carbocycles. The molecule has 318 valence electrons. The van der Waals surface area contributed by atoms with Crippen molar-refractivity contribution in [1.29, 1.82) is 0 Å². The normalized spacial score (nSPS) is 14.2. The van der Waals surface area contributed by atoms with E-state index in [9.17, 15) is 0 Å². The van der Waals surface area contributed by atoms with E-state index in [1.807, 2.05) is 85.2 Å². The van der Waals surface area contributed by atoms with Crippen LogP contribution in [0.3, 0.4) is 0 Å². The molecule has 6 nitrogen and oxygen atoms in total. The van der Waals surface area contributed by atoms with Crippen molar-refractivity contribution in [3.8, 4) is 90.3 Å². The monoisotopic (exact) mass is 868 g/mol. The summed E-state index contributed by atoms with van der Waals surface area (Å²) in [6.45, 7) is 0. The van der Waals surface area contributed by atoms with Crippen LogP contribution in [-0.2, 0) is 0 Å². The third-order valence-electron chi connectivity index (χ3n) is 13.4. The molecule has 0 N–H and O–H groups in total. The Labute approximate surface area is 394 Å². The highest BCUT2D eigenvalue weighted by Gasteiger charge is 2.41. The quantitative estimate of drug-likeness (QED) is 0.151. The van der Waals surface area contributed by atoms with Gasteiger partial charge in [0.2, 0.25) is 0 Å². The molecular formula is C62H40N6. The maximum atomic E-state index is 5.25. The number of nitrogens with zero attached hydrogens (tertiary/aromatic N) is 6. The van der Waals surface area contributed by atoms with Crippen LogP contribution in [0.1, 0.15) is 45.2 Å². The molecule has 3 aliphatic rings. The van der Waals surface area contributed by atoms with Gasteiger partial charge in [-0.15, -0.1) is 0 Å². The van der Waals surface area contributed by atoms with Crippen molar-refractivity contribution >= 4 is 0 Å². The third-order valence-corrected chi connectivity index (χ3v) is 13.4. The first-order valence-electron chi connectivity index (χ1n) is 23.0. The molecule has 0 saturated heterocycles. The fourth-order valence-electron chi connectivity index (χ4n) is 10.1. The Morgan fingerprint density at radius 3 is 0.926 bits per heavy atom. The lowest BCUT2D eigenvalue weighted by molar-refractivity contribution is 0.755. The Morgan fingerprint density at radius 1 is 0.221 bits per heavy atom. The maximum Gasteiger partial charge on any atom is 0.160 e. The second-order valence-corrected chi connectivity index (χ2v) is 17.4. The average molecular weight is 869 g/mol. The van der Waals surface area contributed by atoms with Crippen LogP contribution < -0.4 is 0 Å². The van der Waals surface area contributed by atoms with Crippen LogP contribution in [-0.4, -0.2) is 29.9 Å². The van der Waals surface area contributed by atoms with Crippen LogP contribution in [0.2, 0.25) is 0 Å². The number of hydrogen-bond acceptors (Lipinski definition) is 6. The fourth-order valence-corrected chi connectivity index (χ4v) is 10.1. The van der Waals surface area contributed by atoms with E-state index in [0.717, 1.165) is 78.7 Å². The topological polar surface area (TPSA) is 77.3 Å². The second-order valence-electron chi connectivity index (χ2n) is 17.4. The molecule has 2 bridgehead atoms. The highest BCUT2D eigenvalue weighted by Crippen LogP contribution is 2.56. The molecule has 0 aliphatic heterocycles. The van der Waals surface area contributed by atoms with E-state index in [1.54, 1.807) is 0 Å². The smallest absolute Gasteiger partial charge is 0.160 e. The van der Waals surface area contributed by atoms with Crippen LogP contribution in [0, 0.1) is 0 Å². The van der Waals surface area contributed by atoms with Crippen molar-refractivity contribution in [1.82, 2.24) is 29.9 Å². The molecular weight excluding hydrogens is 829 g/mol. The molecule has 2 atom stereocenters. The van der Waals surface area contributed by atoms with Crippen LogP contribution >= 0.6 is 0 Å². The van der Waals surface area contributed by atoms with Gasteiger partial charge < -0.3 is 0 Å². The Morgan fingerprint density at radius 2 is 0.544 bits per heavy atom. The number of aromatic nitrogens is 6. The van der Waals surface area contributed by atoms with E-state index in [-0.39, 0.29) is 11.8 Å². The summed E-state index contributed by atoms with van der Waals surface area (Å²) in [5.74, 6) is 1.50. The fraction of sp³-hybridized carbons (Fsp3) is 0.0323. The summed E-state index contributed by atoms with van der Waals surface area (Å²) in [5.41, 5.74) is 21.6. The molecule has 6 heteroatoms. The molecule has 4 aromatic heterocycles. The van der Waals surface area contributed by atoms with Crippen molar-refractivity contribution < 1.29 is 0 Å². The van der Waals surface area contributed by atoms with Crippen LogP contribution in [0.4, 0.5) is 0 Å². The standard InChI is InChI=1S/C62H40N6/c1-3-13-43(14-4-1)61-65-55(41-25-21-39(22-26-41)53-19-9-11-33-63-53)37-57(67-61)45-29-31-49-51(35-45)59-47-17-7-8-18-48(47)60(49)52-36-46(30-32-50(52)59)58-38-56(66-62(68-58)44-15-5-2-6-16-44)42-27-23-40(24-28-42)54-20-10-12-34-64-54/h1-38,59-60H. The molecule has 4 heterocycles. The molecule has 14 rings (SSSR count). The molecule has 0 fully saturated rings. The highest BCUT2D eigenvalue weighted by atomic mass is 14.9. The predicted molar refractivity (Wildman–Crippen MR) is 271 cm³/mol. The van der Waals surface area contributed by atoms with E-state index in [4.69, 9.17) is 19.9 Å². The largest absolute Gasteiger partial charge is 0.256 e. The van der Waals surface area contributed by atoms with Gasteiger partial charge in [0.25, 0.3) is 0 Å². The van der Waals surface area contributed by atoms with E-state index in [0.29, 0.717) is 11.6 Å². The van der Waals surface area contributed by atoms with E-state index in [1.165, 1.54) is 33.4 Å². The molecule has 7 aromatic carbocycles. The van der Waals surface area contributed by atoms with Crippen LogP contribution in [0.15, 0.2) is 231 Å². The SMILES string of the molecule is c1ccc(-c2nc(-c3ccc(-c4ccccn4)cc3)cc(-c3ccc4c(c3)C3c5ccccc5C4c4cc(-c5cc(-c6ccc(-c7ccccn7)cc6)nc(-c6ccccc6)n5)ccc43)n2)cc1. The molecule has 0 spiro atoms. The lowest BCUT2D eigenvalue weighted by Crippen LogP contribution is -2.27. The van der Waals surface area contributed by atoms with Gasteiger partial charge >= 0.3 is 0 Å². The minimum atomic E-state index is 0.0581. The first kappa shape index (κ1) is 39.4. The minimum Gasteiger partial charge on any atom is -0.256 e. The lowest BCUT2D eigenvalue weighted by Gasteiger charge is -2.42. The van der Waals surface area contributed by atoms with E-state index in [2.05, 4.69) is 156 Å². The van der Waals surface area contributed by atoms with Gasteiger partial charge in [-0.05, 0) is 81.9 Å². The zero-order valence-electron chi connectivity index (χ0n) is 36.8. The third kappa shape index (κ3) is 6.98. The summed E-state index contributed by atoms with van der Waals surface area (Å²) < 4.78 is 0. The van der Waals surface area contributed by atoms with E-state index < -0.39 is 0 Å². The average Bonchev–Trinajstić information content (AvgIpc) is 3.43. The first-order chi connectivity index (χ1) is 33.7. The van der Waals surface area contributed by atoms with Gasteiger partial charge in [-0.1, -0.05) is 170 Å². The van der Waals surface area contributed by atoms with Gasteiger partial charge in [-0.3, -0.25) is 9.97 Å². The second kappa shape index (κ2) is 16.5. The molecule has 0 radical (unpaired) electrons. The number of pyridine rings is 2. The molecule has 0 amide bonds. The van der Waals surface area contributed by atoms with Gasteiger partial charge in [-0.25, -0.2) is 19.9 Å². The maximum absolute atomic E-state index is 5.25. The van der Waals surface area contributed by atoms with Crippen LogP contribution in [0.5, 0.6) is 0 Å². The minimum absolute atomic E-state index is 0.0581. The van der Waals surface area contributed by atoms with E-state index >= 15 is 0 Å². The van der Waals surface area contributed by atoms with Crippen molar-refractivity contribution in [2.45, 2.75) is 11.8 Å². The summed E-state index contributed by atoms with van der Waals surface area (Å²) >= 11 is 0. The van der Waals surface area contributed by atoms with Gasteiger partial charge in [0, 0.05) is 68.7 Å².